The predicted octanol–water partition coefficient (Wildman–Crippen LogP) is 2.49. The number of hydrogen-bond donors (Lipinski definition) is 1. The Bertz CT molecular complexity index is 673. The van der Waals surface area contributed by atoms with E-state index in [1.807, 2.05) is 24.0 Å². The summed E-state index contributed by atoms with van der Waals surface area (Å²) in [6.07, 6.45) is 7.26. The number of guanidine groups is 1. The van der Waals surface area contributed by atoms with Gasteiger partial charge in [0.05, 0.1) is 11.8 Å². The van der Waals surface area contributed by atoms with Crippen LogP contribution < -0.4 is 5.32 Å². The first-order valence-electron chi connectivity index (χ1n) is 9.46. The smallest absolute Gasteiger partial charge is 0.193 e. The van der Waals surface area contributed by atoms with Crippen LogP contribution in [-0.2, 0) is 11.2 Å². The Kier molecular flexibility index (Phi) is 6.66. The molecular formula is C20H29N5O. The largest absolute Gasteiger partial charge is 0.378 e. The number of likely N-dealkylation sites (tertiary alicyclic amines) is 1. The lowest BCUT2D eigenvalue weighted by molar-refractivity contribution is 0.0264. The third-order valence-electron chi connectivity index (χ3n) is 4.76. The quantitative estimate of drug-likeness (QED) is 0.639. The van der Waals surface area contributed by atoms with Crippen LogP contribution in [0.3, 0.4) is 0 Å². The molecule has 6 nitrogen and oxygen atoms in total. The molecule has 0 bridgehead atoms. The molecule has 26 heavy (non-hydrogen) atoms. The Morgan fingerprint density at radius 2 is 2.04 bits per heavy atom. The molecule has 1 fully saturated rings. The lowest BCUT2D eigenvalue weighted by Gasteiger charge is -2.34. The number of aromatic nitrogens is 2. The Labute approximate surface area is 155 Å². The fourth-order valence-electron chi connectivity index (χ4n) is 3.36. The number of nitrogens with zero attached hydrogens (tertiary/aromatic N) is 4. The molecule has 0 radical (unpaired) electrons. The number of nitrogens with one attached hydrogen (secondary N) is 1. The summed E-state index contributed by atoms with van der Waals surface area (Å²) in [6.45, 7) is 5.75. The molecule has 0 aliphatic carbocycles. The Hall–Kier alpha value is -2.34. The molecular weight excluding hydrogens is 326 g/mol. The predicted molar refractivity (Wildman–Crippen MR) is 105 cm³/mol. The fourth-order valence-corrected chi connectivity index (χ4v) is 3.36. The molecule has 0 spiro atoms. The molecule has 1 N–H and O–H groups in total. The van der Waals surface area contributed by atoms with E-state index in [1.165, 1.54) is 5.56 Å². The lowest BCUT2D eigenvalue weighted by Crippen LogP contribution is -2.47. The van der Waals surface area contributed by atoms with Crippen LogP contribution in [0.5, 0.6) is 0 Å². The molecule has 0 atom stereocenters. The van der Waals surface area contributed by atoms with Gasteiger partial charge < -0.3 is 15.0 Å². The van der Waals surface area contributed by atoms with Crippen molar-refractivity contribution in [1.82, 2.24) is 20.0 Å². The minimum absolute atomic E-state index is 0.405. The summed E-state index contributed by atoms with van der Waals surface area (Å²) in [5.41, 5.74) is 2.39. The van der Waals surface area contributed by atoms with Crippen LogP contribution in [0.4, 0.5) is 0 Å². The molecule has 3 rings (SSSR count). The van der Waals surface area contributed by atoms with Crippen molar-refractivity contribution in [2.75, 3.05) is 33.3 Å². The maximum absolute atomic E-state index is 5.73. The molecule has 2 aromatic rings. The van der Waals surface area contributed by atoms with E-state index < -0.39 is 0 Å². The molecule has 0 saturated carbocycles. The zero-order valence-corrected chi connectivity index (χ0v) is 15.8. The summed E-state index contributed by atoms with van der Waals surface area (Å²) < 4.78 is 7.60. The van der Waals surface area contributed by atoms with E-state index in [1.54, 1.807) is 6.20 Å². The van der Waals surface area contributed by atoms with Crippen molar-refractivity contribution >= 4 is 5.96 Å². The number of aliphatic imine (C=N–C) groups is 1. The van der Waals surface area contributed by atoms with Crippen molar-refractivity contribution in [3.8, 4) is 5.69 Å². The van der Waals surface area contributed by atoms with Gasteiger partial charge in [-0.25, -0.2) is 4.68 Å². The molecule has 1 aromatic carbocycles. The lowest BCUT2D eigenvalue weighted by atomic mass is 10.1. The summed E-state index contributed by atoms with van der Waals surface area (Å²) in [6, 6.07) is 10.5. The molecule has 1 aromatic heterocycles. The second-order valence-electron chi connectivity index (χ2n) is 6.48. The first-order valence-corrected chi connectivity index (χ1v) is 9.46. The normalized spacial score (nSPS) is 16.1. The summed E-state index contributed by atoms with van der Waals surface area (Å²) >= 11 is 0. The average molecular weight is 355 g/mol. The Morgan fingerprint density at radius 1 is 1.27 bits per heavy atom. The van der Waals surface area contributed by atoms with Gasteiger partial charge in [0.1, 0.15) is 0 Å². The molecule has 140 valence electrons. The molecule has 0 unspecified atom stereocenters. The number of ether oxygens (including phenoxy) is 1. The van der Waals surface area contributed by atoms with E-state index in [9.17, 15) is 0 Å². The van der Waals surface area contributed by atoms with Crippen molar-refractivity contribution in [1.29, 1.82) is 0 Å². The summed E-state index contributed by atoms with van der Waals surface area (Å²) in [7, 11) is 1.86. The molecule has 2 heterocycles. The minimum Gasteiger partial charge on any atom is -0.378 e. The maximum atomic E-state index is 5.73. The van der Waals surface area contributed by atoms with Gasteiger partial charge in [-0.15, -0.1) is 0 Å². The summed E-state index contributed by atoms with van der Waals surface area (Å²) in [5, 5.41) is 7.75. The van der Waals surface area contributed by atoms with Crippen LogP contribution in [0.15, 0.2) is 47.7 Å². The highest BCUT2D eigenvalue weighted by Gasteiger charge is 2.21. The van der Waals surface area contributed by atoms with E-state index in [-0.39, 0.29) is 0 Å². The first-order chi connectivity index (χ1) is 12.8. The van der Waals surface area contributed by atoms with E-state index in [0.29, 0.717) is 6.10 Å². The van der Waals surface area contributed by atoms with Crippen molar-refractivity contribution in [2.24, 2.45) is 4.99 Å². The van der Waals surface area contributed by atoms with Gasteiger partial charge in [0, 0.05) is 45.7 Å². The van der Waals surface area contributed by atoms with E-state index >= 15 is 0 Å². The van der Waals surface area contributed by atoms with Gasteiger partial charge in [0.25, 0.3) is 0 Å². The van der Waals surface area contributed by atoms with Gasteiger partial charge in [-0.05, 0) is 49.9 Å². The zero-order valence-electron chi connectivity index (χ0n) is 15.8. The van der Waals surface area contributed by atoms with Gasteiger partial charge in [0.2, 0.25) is 0 Å². The second kappa shape index (κ2) is 9.38. The fraction of sp³-hybridized carbons (Fsp3) is 0.500. The molecule has 6 heteroatoms. The van der Waals surface area contributed by atoms with Gasteiger partial charge in [0.15, 0.2) is 5.96 Å². The topological polar surface area (TPSA) is 54.7 Å². The Balaban J connectivity index is 1.45. The van der Waals surface area contributed by atoms with Crippen LogP contribution in [0, 0.1) is 0 Å². The van der Waals surface area contributed by atoms with Crippen molar-refractivity contribution < 1.29 is 4.74 Å². The van der Waals surface area contributed by atoms with Gasteiger partial charge in [-0.1, -0.05) is 12.1 Å². The number of benzene rings is 1. The van der Waals surface area contributed by atoms with Gasteiger partial charge in [-0.2, -0.15) is 5.10 Å². The standard InChI is InChI=1S/C20H29N5O/c1-3-26-19-10-15-24(16-11-19)20(21-2)22-13-9-17-5-7-18(8-6-17)25-14-4-12-23-25/h4-8,12,14,19H,3,9-11,13,15-16H2,1-2H3,(H,21,22). The molecule has 1 aliphatic heterocycles. The third-order valence-corrected chi connectivity index (χ3v) is 4.76. The number of hydrogen-bond acceptors (Lipinski definition) is 3. The van der Waals surface area contributed by atoms with Crippen LogP contribution in [0.25, 0.3) is 5.69 Å². The van der Waals surface area contributed by atoms with Crippen molar-refractivity contribution in [3.63, 3.8) is 0 Å². The van der Waals surface area contributed by atoms with E-state index in [0.717, 1.165) is 57.2 Å². The molecule has 0 amide bonds. The average Bonchev–Trinajstić information content (AvgIpc) is 3.22. The number of piperidine rings is 1. The highest BCUT2D eigenvalue weighted by atomic mass is 16.5. The summed E-state index contributed by atoms with van der Waals surface area (Å²) in [4.78, 5) is 6.77. The molecule has 1 saturated heterocycles. The van der Waals surface area contributed by atoms with Gasteiger partial charge >= 0.3 is 0 Å². The zero-order chi connectivity index (χ0) is 18.2. The van der Waals surface area contributed by atoms with Crippen LogP contribution in [0.2, 0.25) is 0 Å². The Morgan fingerprint density at radius 3 is 2.65 bits per heavy atom. The maximum Gasteiger partial charge on any atom is 0.193 e. The third kappa shape index (κ3) is 4.85. The highest BCUT2D eigenvalue weighted by molar-refractivity contribution is 5.79. The van der Waals surface area contributed by atoms with Crippen molar-refractivity contribution in [2.45, 2.75) is 32.3 Å². The second-order valence-corrected chi connectivity index (χ2v) is 6.48. The van der Waals surface area contributed by atoms with E-state index in [4.69, 9.17) is 4.74 Å². The number of rotatable bonds is 6. The van der Waals surface area contributed by atoms with Crippen LogP contribution >= 0.6 is 0 Å². The molecule has 1 aliphatic rings. The van der Waals surface area contributed by atoms with Crippen LogP contribution in [0.1, 0.15) is 25.3 Å². The first kappa shape index (κ1) is 18.5. The van der Waals surface area contributed by atoms with Crippen molar-refractivity contribution in [3.05, 3.63) is 48.3 Å². The minimum atomic E-state index is 0.405. The highest BCUT2D eigenvalue weighted by Crippen LogP contribution is 2.14. The monoisotopic (exact) mass is 355 g/mol. The van der Waals surface area contributed by atoms with Crippen LogP contribution in [-0.4, -0.2) is 60.0 Å². The van der Waals surface area contributed by atoms with E-state index in [2.05, 4.69) is 51.5 Å². The summed E-state index contributed by atoms with van der Waals surface area (Å²) in [5.74, 6) is 0.994. The van der Waals surface area contributed by atoms with Gasteiger partial charge in [-0.3, -0.25) is 4.99 Å². The SMILES string of the molecule is CCOC1CCN(C(=NC)NCCc2ccc(-n3cccn3)cc2)CC1.